The SMILES string of the molecule is CC(C)c1ccccc1-c1ncc2c(n1)n(CC1CCN(C(=O)O)CC1)c(=O)n2C. The van der Waals surface area contributed by atoms with Crippen molar-refractivity contribution in [1.29, 1.82) is 0 Å². The van der Waals surface area contributed by atoms with Crippen LogP contribution in [0.15, 0.2) is 35.3 Å². The second-order valence-electron chi connectivity index (χ2n) is 8.31. The van der Waals surface area contributed by atoms with Crippen LogP contribution in [-0.4, -0.2) is 48.3 Å². The molecule has 0 bridgehead atoms. The molecule has 4 rings (SSSR count). The lowest BCUT2D eigenvalue weighted by atomic mass is 9.97. The van der Waals surface area contributed by atoms with Crippen LogP contribution < -0.4 is 5.69 Å². The Morgan fingerprint density at radius 1 is 1.23 bits per heavy atom. The van der Waals surface area contributed by atoms with Crippen molar-refractivity contribution in [2.75, 3.05) is 13.1 Å². The summed E-state index contributed by atoms with van der Waals surface area (Å²) in [5.74, 6) is 1.19. The van der Waals surface area contributed by atoms with Crippen LogP contribution in [-0.2, 0) is 13.6 Å². The molecule has 158 valence electrons. The third-order valence-corrected chi connectivity index (χ3v) is 6.03. The second-order valence-corrected chi connectivity index (χ2v) is 8.31. The van der Waals surface area contributed by atoms with Crippen LogP contribution in [0.5, 0.6) is 0 Å². The van der Waals surface area contributed by atoms with Crippen molar-refractivity contribution in [3.05, 3.63) is 46.5 Å². The number of piperidine rings is 1. The number of aryl methyl sites for hydroxylation is 1. The summed E-state index contributed by atoms with van der Waals surface area (Å²) in [6.45, 7) is 5.81. The van der Waals surface area contributed by atoms with Gasteiger partial charge in [0.05, 0.1) is 6.20 Å². The van der Waals surface area contributed by atoms with E-state index in [4.69, 9.17) is 10.1 Å². The number of carbonyl (C=O) groups is 1. The molecule has 3 heterocycles. The van der Waals surface area contributed by atoms with E-state index in [0.717, 1.165) is 18.4 Å². The van der Waals surface area contributed by atoms with E-state index in [-0.39, 0.29) is 11.6 Å². The molecule has 8 nitrogen and oxygen atoms in total. The lowest BCUT2D eigenvalue weighted by molar-refractivity contribution is 0.121. The van der Waals surface area contributed by atoms with Crippen molar-refractivity contribution in [3.8, 4) is 11.4 Å². The standard InChI is InChI=1S/C22H27N5O3/c1-14(2)16-6-4-5-7-17(16)19-23-12-18-20(24-19)27(21(28)25(18)3)13-15-8-10-26(11-9-15)22(29)30/h4-7,12,14-15H,8-11,13H2,1-3H3,(H,29,30). The normalized spacial score (nSPS) is 15.3. The Morgan fingerprint density at radius 3 is 2.60 bits per heavy atom. The number of nitrogens with zero attached hydrogens (tertiary/aromatic N) is 5. The van der Waals surface area contributed by atoms with E-state index in [1.54, 1.807) is 22.4 Å². The van der Waals surface area contributed by atoms with Crippen LogP contribution in [0.4, 0.5) is 4.79 Å². The molecule has 3 aromatic rings. The van der Waals surface area contributed by atoms with Crippen LogP contribution in [0.3, 0.4) is 0 Å². The van der Waals surface area contributed by atoms with Crippen molar-refractivity contribution in [1.82, 2.24) is 24.0 Å². The molecule has 30 heavy (non-hydrogen) atoms. The van der Waals surface area contributed by atoms with Gasteiger partial charge < -0.3 is 10.0 Å². The number of aromatic nitrogens is 4. The number of imidazole rings is 1. The zero-order chi connectivity index (χ0) is 21.4. The fraction of sp³-hybridized carbons (Fsp3) is 0.455. The Kier molecular flexibility index (Phi) is 5.32. The highest BCUT2D eigenvalue weighted by Gasteiger charge is 2.25. The topological polar surface area (TPSA) is 93.2 Å². The fourth-order valence-corrected chi connectivity index (χ4v) is 4.24. The van der Waals surface area contributed by atoms with Crippen molar-refractivity contribution in [2.24, 2.45) is 13.0 Å². The van der Waals surface area contributed by atoms with Crippen LogP contribution in [0, 0.1) is 5.92 Å². The monoisotopic (exact) mass is 409 g/mol. The minimum atomic E-state index is -0.878. The Balaban J connectivity index is 1.71. The number of fused-ring (bicyclic) bond motifs is 1. The molecule has 8 heteroatoms. The summed E-state index contributed by atoms with van der Waals surface area (Å²) >= 11 is 0. The maximum absolute atomic E-state index is 12.9. The number of benzene rings is 1. The van der Waals surface area contributed by atoms with Crippen LogP contribution in [0.2, 0.25) is 0 Å². The maximum atomic E-state index is 12.9. The van der Waals surface area contributed by atoms with E-state index in [2.05, 4.69) is 24.9 Å². The van der Waals surface area contributed by atoms with E-state index in [1.807, 2.05) is 18.2 Å². The summed E-state index contributed by atoms with van der Waals surface area (Å²) in [6, 6.07) is 8.09. The molecule has 1 aromatic carbocycles. The van der Waals surface area contributed by atoms with Crippen molar-refractivity contribution >= 4 is 17.3 Å². The number of amides is 1. The van der Waals surface area contributed by atoms with Crippen LogP contribution in [0.25, 0.3) is 22.6 Å². The molecule has 2 aromatic heterocycles. The van der Waals surface area contributed by atoms with Gasteiger partial charge in [-0.1, -0.05) is 38.1 Å². The molecule has 1 amide bonds. The summed E-state index contributed by atoms with van der Waals surface area (Å²) in [6.07, 6.45) is 2.32. The van der Waals surface area contributed by atoms with E-state index in [1.165, 1.54) is 10.5 Å². The van der Waals surface area contributed by atoms with Crippen molar-refractivity contribution in [2.45, 2.75) is 39.2 Å². The number of likely N-dealkylation sites (tertiary alicyclic amines) is 1. The molecular weight excluding hydrogens is 382 g/mol. The molecule has 1 aliphatic heterocycles. The minimum Gasteiger partial charge on any atom is -0.465 e. The van der Waals surface area contributed by atoms with Gasteiger partial charge in [0.25, 0.3) is 0 Å². The average Bonchev–Trinajstić information content (AvgIpc) is 2.98. The van der Waals surface area contributed by atoms with Crippen molar-refractivity contribution in [3.63, 3.8) is 0 Å². The fourth-order valence-electron chi connectivity index (χ4n) is 4.24. The molecule has 0 saturated carbocycles. The second kappa shape index (κ2) is 7.93. The van der Waals surface area contributed by atoms with Gasteiger partial charge in [0.2, 0.25) is 0 Å². The quantitative estimate of drug-likeness (QED) is 0.714. The first kappa shape index (κ1) is 20.1. The van der Waals surface area contributed by atoms with Gasteiger partial charge in [-0.2, -0.15) is 0 Å². The Hall–Kier alpha value is -3.16. The van der Waals surface area contributed by atoms with Gasteiger partial charge in [-0.05, 0) is 30.2 Å². The van der Waals surface area contributed by atoms with E-state index < -0.39 is 6.09 Å². The highest BCUT2D eigenvalue weighted by molar-refractivity contribution is 5.74. The molecule has 1 fully saturated rings. The molecule has 1 saturated heterocycles. The highest BCUT2D eigenvalue weighted by Crippen LogP contribution is 2.28. The summed E-state index contributed by atoms with van der Waals surface area (Å²) in [5.41, 5.74) is 3.37. The summed E-state index contributed by atoms with van der Waals surface area (Å²) in [5, 5.41) is 9.15. The summed E-state index contributed by atoms with van der Waals surface area (Å²) in [4.78, 5) is 34.9. The zero-order valence-electron chi connectivity index (χ0n) is 17.6. The predicted molar refractivity (Wildman–Crippen MR) is 115 cm³/mol. The van der Waals surface area contributed by atoms with Gasteiger partial charge in [-0.25, -0.2) is 19.6 Å². The van der Waals surface area contributed by atoms with Gasteiger partial charge >= 0.3 is 11.8 Å². The first-order valence-electron chi connectivity index (χ1n) is 10.4. The lowest BCUT2D eigenvalue weighted by Crippen LogP contribution is -2.39. The Morgan fingerprint density at radius 2 is 1.93 bits per heavy atom. The molecule has 0 radical (unpaired) electrons. The Labute approximate surface area is 174 Å². The molecule has 0 unspecified atom stereocenters. The predicted octanol–water partition coefficient (Wildman–Crippen LogP) is 3.31. The van der Waals surface area contributed by atoms with Gasteiger partial charge in [-0.15, -0.1) is 0 Å². The van der Waals surface area contributed by atoms with Crippen LogP contribution in [0.1, 0.15) is 38.2 Å². The molecular formula is C22H27N5O3. The average molecular weight is 409 g/mol. The number of rotatable bonds is 4. The highest BCUT2D eigenvalue weighted by atomic mass is 16.4. The molecule has 0 spiro atoms. The first-order chi connectivity index (χ1) is 14.4. The van der Waals surface area contributed by atoms with Crippen molar-refractivity contribution < 1.29 is 9.90 Å². The smallest absolute Gasteiger partial charge is 0.407 e. The largest absolute Gasteiger partial charge is 0.465 e. The number of hydrogen-bond donors (Lipinski definition) is 1. The number of hydrogen-bond acceptors (Lipinski definition) is 4. The van der Waals surface area contributed by atoms with Crippen LogP contribution >= 0.6 is 0 Å². The van der Waals surface area contributed by atoms with E-state index in [9.17, 15) is 9.59 Å². The lowest BCUT2D eigenvalue weighted by Gasteiger charge is -2.29. The summed E-state index contributed by atoms with van der Waals surface area (Å²) in [7, 11) is 1.74. The van der Waals surface area contributed by atoms with E-state index >= 15 is 0 Å². The summed E-state index contributed by atoms with van der Waals surface area (Å²) < 4.78 is 3.30. The third-order valence-electron chi connectivity index (χ3n) is 6.03. The third kappa shape index (κ3) is 3.58. The molecule has 0 atom stereocenters. The van der Waals surface area contributed by atoms with Gasteiger partial charge in [0.1, 0.15) is 5.52 Å². The molecule has 1 aliphatic rings. The maximum Gasteiger partial charge on any atom is 0.407 e. The van der Waals surface area contributed by atoms with Gasteiger partial charge in [0.15, 0.2) is 11.5 Å². The molecule has 1 N–H and O–H groups in total. The molecule has 0 aliphatic carbocycles. The number of carboxylic acid groups (broad SMARTS) is 1. The first-order valence-corrected chi connectivity index (χ1v) is 10.4. The van der Waals surface area contributed by atoms with Gasteiger partial charge in [0, 0.05) is 32.2 Å². The van der Waals surface area contributed by atoms with Gasteiger partial charge in [-0.3, -0.25) is 9.13 Å². The minimum absolute atomic E-state index is 0.116. The Bertz CT molecular complexity index is 1140. The van der Waals surface area contributed by atoms with E-state index in [0.29, 0.717) is 42.5 Å². The zero-order valence-corrected chi connectivity index (χ0v) is 17.6.